The van der Waals surface area contributed by atoms with E-state index in [9.17, 15) is 30.7 Å². The molecule has 19 heavy (non-hydrogen) atoms. The Hall–Kier alpha value is -1.75. The molecular weight excluding hydrogens is 288 g/mol. The van der Waals surface area contributed by atoms with E-state index in [0.29, 0.717) is 0 Å². The van der Waals surface area contributed by atoms with Gasteiger partial charge in [-0.15, -0.1) is 0 Å². The summed E-state index contributed by atoms with van der Waals surface area (Å²) in [6.07, 6.45) is -3.20. The summed E-state index contributed by atoms with van der Waals surface area (Å²) in [5, 5.41) is 16.5. The second-order valence-corrected chi connectivity index (χ2v) is 2.98. The van der Waals surface area contributed by atoms with Gasteiger partial charge in [0.2, 0.25) is 17.5 Å². The van der Waals surface area contributed by atoms with Gasteiger partial charge in [0.25, 0.3) is 0 Å². The number of rotatable bonds is 3. The molecule has 0 spiro atoms. The van der Waals surface area contributed by atoms with Crippen LogP contribution < -0.4 is 4.65 Å². The monoisotopic (exact) mass is 290 g/mol. The first-order valence-electron chi connectivity index (χ1n) is 4.28. The molecule has 0 aliphatic carbocycles. The number of benzene rings is 1. The molecule has 2 N–H and O–H groups in total. The van der Waals surface area contributed by atoms with Crippen LogP contribution in [0.5, 0.6) is 5.75 Å². The van der Waals surface area contributed by atoms with E-state index in [-0.39, 0.29) is 0 Å². The Morgan fingerprint density at radius 3 is 1.58 bits per heavy atom. The zero-order valence-electron chi connectivity index (χ0n) is 8.53. The summed E-state index contributed by atoms with van der Waals surface area (Å²) < 4.78 is 92.5. The van der Waals surface area contributed by atoms with Crippen LogP contribution in [0.1, 0.15) is 5.56 Å². The van der Waals surface area contributed by atoms with E-state index in [4.69, 9.17) is 10.0 Å². The highest BCUT2D eigenvalue weighted by molar-refractivity contribution is 6.33. The Kier molecular flexibility index (Phi) is 4.42. The fourth-order valence-corrected chi connectivity index (χ4v) is 1.11. The zero-order valence-corrected chi connectivity index (χ0v) is 8.53. The Bertz CT molecular complexity index is 513. The molecule has 0 fully saturated rings. The van der Waals surface area contributed by atoms with E-state index >= 15 is 0 Å². The van der Waals surface area contributed by atoms with E-state index < -0.39 is 53.8 Å². The average molecular weight is 290 g/mol. The second kappa shape index (κ2) is 5.49. The van der Waals surface area contributed by atoms with Gasteiger partial charge in [-0.05, 0) is 0 Å². The fourth-order valence-electron chi connectivity index (χ4n) is 1.11. The molecule has 0 unspecified atom stereocenters. The van der Waals surface area contributed by atoms with Gasteiger partial charge in [0.05, 0.1) is 5.56 Å². The predicted molar refractivity (Wildman–Crippen MR) is 47.3 cm³/mol. The van der Waals surface area contributed by atoms with Gasteiger partial charge in [-0.2, -0.15) is 17.6 Å². The lowest BCUT2D eigenvalue weighted by Gasteiger charge is -2.11. The van der Waals surface area contributed by atoms with Gasteiger partial charge in [0.15, 0.2) is 17.4 Å². The molecule has 1 aromatic carbocycles. The van der Waals surface area contributed by atoms with Crippen LogP contribution in [0, 0.1) is 23.3 Å². The maximum atomic E-state index is 13.1. The first-order chi connectivity index (χ1) is 8.68. The van der Waals surface area contributed by atoms with Gasteiger partial charge < -0.3 is 14.7 Å². The van der Waals surface area contributed by atoms with Crippen molar-refractivity contribution in [1.29, 1.82) is 0 Å². The van der Waals surface area contributed by atoms with Crippen LogP contribution in [0.3, 0.4) is 0 Å². The fraction of sp³-hybridized carbons (Fsp3) is 0. The number of halogens is 7. The summed E-state index contributed by atoms with van der Waals surface area (Å²) in [5.74, 6) is -14.6. The molecule has 0 atom stereocenters. The van der Waals surface area contributed by atoms with E-state index in [1.807, 2.05) is 0 Å². The van der Waals surface area contributed by atoms with E-state index in [1.54, 1.807) is 0 Å². The van der Waals surface area contributed by atoms with Gasteiger partial charge in [0, 0.05) is 0 Å². The van der Waals surface area contributed by atoms with Crippen molar-refractivity contribution in [3.8, 4) is 5.75 Å². The van der Waals surface area contributed by atoms with Crippen LogP contribution >= 0.6 is 0 Å². The van der Waals surface area contributed by atoms with Crippen molar-refractivity contribution in [2.24, 2.45) is 0 Å². The highest BCUT2D eigenvalue weighted by Crippen LogP contribution is 2.35. The zero-order chi connectivity index (χ0) is 14.9. The molecule has 0 amide bonds. The van der Waals surface area contributed by atoms with Gasteiger partial charge >= 0.3 is 13.4 Å². The molecule has 3 nitrogen and oxygen atoms in total. The standard InChI is InChI=1S/C8H2BF7O3/c10-2-1(4(12)8(15)16)3(11)6(14)7(5(2)13)19-9(17)18/h17-18H. The van der Waals surface area contributed by atoms with Crippen LogP contribution in [0.2, 0.25) is 0 Å². The molecule has 11 heteroatoms. The maximum absolute atomic E-state index is 13.1. The Morgan fingerprint density at radius 1 is 0.842 bits per heavy atom. The molecule has 0 saturated carbocycles. The van der Waals surface area contributed by atoms with Crippen LogP contribution in [0.25, 0.3) is 5.83 Å². The molecule has 0 bridgehead atoms. The lowest BCUT2D eigenvalue weighted by atomic mass is 10.1. The molecule has 1 aromatic rings. The minimum Gasteiger partial charge on any atom is -0.507 e. The van der Waals surface area contributed by atoms with Gasteiger partial charge in [0.1, 0.15) is 0 Å². The van der Waals surface area contributed by atoms with Crippen LogP contribution in [-0.2, 0) is 0 Å². The van der Waals surface area contributed by atoms with Gasteiger partial charge in [-0.25, -0.2) is 13.2 Å². The summed E-state index contributed by atoms with van der Waals surface area (Å²) in [6, 6.07) is 0. The molecule has 104 valence electrons. The largest absolute Gasteiger partial charge is 0.707 e. The minimum atomic E-state index is -3.20. The Labute approximate surface area is 100 Å². The van der Waals surface area contributed by atoms with Crippen molar-refractivity contribution < 1.29 is 45.4 Å². The summed E-state index contributed by atoms with van der Waals surface area (Å²) in [5.41, 5.74) is -2.27. The molecule has 0 saturated heterocycles. The molecule has 0 aliphatic rings. The van der Waals surface area contributed by atoms with Crippen molar-refractivity contribution in [3.63, 3.8) is 0 Å². The van der Waals surface area contributed by atoms with Crippen molar-refractivity contribution in [2.45, 2.75) is 0 Å². The van der Waals surface area contributed by atoms with E-state index in [1.165, 1.54) is 0 Å². The maximum Gasteiger partial charge on any atom is 0.707 e. The Morgan fingerprint density at radius 2 is 1.26 bits per heavy atom. The summed E-state index contributed by atoms with van der Waals surface area (Å²) in [7, 11) is -2.84. The summed E-state index contributed by atoms with van der Waals surface area (Å²) in [6.45, 7) is 0. The van der Waals surface area contributed by atoms with Crippen LogP contribution in [0.15, 0.2) is 6.08 Å². The lowest BCUT2D eigenvalue weighted by Crippen LogP contribution is -2.23. The summed E-state index contributed by atoms with van der Waals surface area (Å²) >= 11 is 0. The lowest BCUT2D eigenvalue weighted by molar-refractivity contribution is 0.267. The topological polar surface area (TPSA) is 49.7 Å². The molecule has 0 aliphatic heterocycles. The second-order valence-electron chi connectivity index (χ2n) is 2.98. The van der Waals surface area contributed by atoms with Crippen LogP contribution in [-0.4, -0.2) is 17.4 Å². The third kappa shape index (κ3) is 2.81. The van der Waals surface area contributed by atoms with E-state index in [0.717, 1.165) is 0 Å². The van der Waals surface area contributed by atoms with Crippen molar-refractivity contribution >= 4 is 13.1 Å². The highest BCUT2D eigenvalue weighted by atomic mass is 19.3. The SMILES string of the molecule is OB(O)Oc1c(F)c(F)c(C(F)=C(F)F)c(F)c1F. The molecule has 1 rings (SSSR count). The van der Waals surface area contributed by atoms with Crippen molar-refractivity contribution in [2.75, 3.05) is 0 Å². The highest BCUT2D eigenvalue weighted by Gasteiger charge is 2.32. The van der Waals surface area contributed by atoms with Crippen molar-refractivity contribution in [1.82, 2.24) is 0 Å². The minimum absolute atomic E-state index is 1.93. The first kappa shape index (κ1) is 15.3. The third-order valence-corrected chi connectivity index (χ3v) is 1.83. The van der Waals surface area contributed by atoms with Gasteiger partial charge in [-0.1, -0.05) is 0 Å². The average Bonchev–Trinajstić information content (AvgIpc) is 2.32. The smallest absolute Gasteiger partial charge is 0.507 e. The molecule has 0 heterocycles. The number of hydrogen-bond acceptors (Lipinski definition) is 3. The van der Waals surface area contributed by atoms with Crippen LogP contribution in [0.4, 0.5) is 30.7 Å². The number of hydrogen-bond donors (Lipinski definition) is 2. The van der Waals surface area contributed by atoms with Gasteiger partial charge in [-0.3, -0.25) is 0 Å². The predicted octanol–water partition coefficient (Wildman–Crippen LogP) is 2.13. The first-order valence-corrected chi connectivity index (χ1v) is 4.28. The van der Waals surface area contributed by atoms with E-state index in [2.05, 4.69) is 4.65 Å². The molecular formula is C8H2BF7O3. The quantitative estimate of drug-likeness (QED) is 0.509. The van der Waals surface area contributed by atoms with Crippen molar-refractivity contribution in [3.05, 3.63) is 34.9 Å². The molecule has 0 aromatic heterocycles. The normalized spacial score (nSPS) is 10.4. The summed E-state index contributed by atoms with van der Waals surface area (Å²) in [4.78, 5) is 0. The molecule has 0 radical (unpaired) electrons. The Balaban J connectivity index is 3.61. The third-order valence-electron chi connectivity index (χ3n) is 1.83.